The Labute approximate surface area is 67.0 Å². The molecule has 11 heavy (non-hydrogen) atoms. The second kappa shape index (κ2) is 2.67. The van der Waals surface area contributed by atoms with E-state index in [1.807, 2.05) is 0 Å². The first-order chi connectivity index (χ1) is 5.36. The molecule has 1 aliphatic rings. The molecule has 0 bridgehead atoms. The lowest BCUT2D eigenvalue weighted by atomic mass is 10.0. The van der Waals surface area contributed by atoms with Gasteiger partial charge in [-0.05, 0) is 18.1 Å². The maximum absolute atomic E-state index is 5.17. The van der Waals surface area contributed by atoms with Gasteiger partial charge in [-0.1, -0.05) is 24.3 Å². The van der Waals surface area contributed by atoms with Gasteiger partial charge in [0.05, 0.1) is 12.7 Å². The van der Waals surface area contributed by atoms with Gasteiger partial charge in [-0.15, -0.1) is 0 Å². The Balaban J connectivity index is 2.15. The Morgan fingerprint density at radius 3 is 2.82 bits per heavy atom. The fourth-order valence-electron chi connectivity index (χ4n) is 1.27. The zero-order valence-electron chi connectivity index (χ0n) is 6.71. The van der Waals surface area contributed by atoms with Gasteiger partial charge in [0.2, 0.25) is 0 Å². The van der Waals surface area contributed by atoms with Crippen molar-refractivity contribution in [3.05, 3.63) is 35.4 Å². The van der Waals surface area contributed by atoms with Crippen LogP contribution in [0, 0.1) is 6.92 Å². The SMILES string of the molecule is Cc1ccccc1C[C@H]1CO1. The van der Waals surface area contributed by atoms with E-state index in [4.69, 9.17) is 4.74 Å². The van der Waals surface area contributed by atoms with E-state index in [0.717, 1.165) is 13.0 Å². The molecule has 0 saturated carbocycles. The molecule has 0 aliphatic carbocycles. The molecular formula is C10H12O. The Hall–Kier alpha value is -0.820. The van der Waals surface area contributed by atoms with Crippen molar-refractivity contribution >= 4 is 0 Å². The highest BCUT2D eigenvalue weighted by Gasteiger charge is 2.22. The minimum Gasteiger partial charge on any atom is -0.373 e. The standard InChI is InChI=1S/C10H12O/c1-8-4-2-3-5-9(8)6-10-7-11-10/h2-5,10H,6-7H2,1H3/t10-/m0/s1. The molecule has 2 rings (SSSR count). The van der Waals surface area contributed by atoms with Crippen LogP contribution in [0.3, 0.4) is 0 Å². The first-order valence-electron chi connectivity index (χ1n) is 4.02. The Kier molecular flexibility index (Phi) is 1.66. The Bertz CT molecular complexity index is 251. The monoisotopic (exact) mass is 148 g/mol. The van der Waals surface area contributed by atoms with Gasteiger partial charge in [-0.25, -0.2) is 0 Å². The number of rotatable bonds is 2. The summed E-state index contributed by atoms with van der Waals surface area (Å²) in [7, 11) is 0. The molecule has 0 amide bonds. The van der Waals surface area contributed by atoms with E-state index < -0.39 is 0 Å². The average Bonchev–Trinajstić information content (AvgIpc) is 2.78. The molecule has 1 aromatic rings. The molecule has 0 unspecified atom stereocenters. The number of aryl methyl sites for hydroxylation is 1. The van der Waals surface area contributed by atoms with Crippen molar-refractivity contribution in [2.24, 2.45) is 0 Å². The summed E-state index contributed by atoms with van der Waals surface area (Å²) in [5.74, 6) is 0. The number of hydrogen-bond acceptors (Lipinski definition) is 1. The molecule has 0 aromatic heterocycles. The van der Waals surface area contributed by atoms with Gasteiger partial charge in [0, 0.05) is 6.42 Å². The molecule has 1 nitrogen and oxygen atoms in total. The van der Waals surface area contributed by atoms with Crippen LogP contribution < -0.4 is 0 Å². The largest absolute Gasteiger partial charge is 0.373 e. The van der Waals surface area contributed by atoms with Gasteiger partial charge in [-0.3, -0.25) is 0 Å². The summed E-state index contributed by atoms with van der Waals surface area (Å²) in [5, 5.41) is 0. The fourth-order valence-corrected chi connectivity index (χ4v) is 1.27. The molecule has 1 saturated heterocycles. The number of ether oxygens (including phenoxy) is 1. The van der Waals surface area contributed by atoms with Gasteiger partial charge >= 0.3 is 0 Å². The van der Waals surface area contributed by atoms with E-state index >= 15 is 0 Å². The molecule has 0 radical (unpaired) electrons. The van der Waals surface area contributed by atoms with E-state index in [2.05, 4.69) is 31.2 Å². The highest BCUT2D eigenvalue weighted by Crippen LogP contribution is 2.18. The van der Waals surface area contributed by atoms with E-state index in [1.165, 1.54) is 11.1 Å². The van der Waals surface area contributed by atoms with Crippen molar-refractivity contribution < 1.29 is 4.74 Å². The van der Waals surface area contributed by atoms with Crippen molar-refractivity contribution in [1.82, 2.24) is 0 Å². The van der Waals surface area contributed by atoms with Crippen LogP contribution >= 0.6 is 0 Å². The average molecular weight is 148 g/mol. The quantitative estimate of drug-likeness (QED) is 0.584. The first-order valence-corrected chi connectivity index (χ1v) is 4.02. The first kappa shape index (κ1) is 6.86. The van der Waals surface area contributed by atoms with Gasteiger partial charge in [0.15, 0.2) is 0 Å². The summed E-state index contributed by atoms with van der Waals surface area (Å²) in [5.41, 5.74) is 2.80. The smallest absolute Gasteiger partial charge is 0.0850 e. The minimum absolute atomic E-state index is 0.510. The van der Waals surface area contributed by atoms with Crippen molar-refractivity contribution in [2.75, 3.05) is 6.61 Å². The van der Waals surface area contributed by atoms with Gasteiger partial charge in [-0.2, -0.15) is 0 Å². The van der Waals surface area contributed by atoms with Crippen molar-refractivity contribution in [3.63, 3.8) is 0 Å². The van der Waals surface area contributed by atoms with E-state index in [-0.39, 0.29) is 0 Å². The molecule has 58 valence electrons. The van der Waals surface area contributed by atoms with Crippen LogP contribution in [0.2, 0.25) is 0 Å². The number of epoxide rings is 1. The van der Waals surface area contributed by atoms with E-state index in [0.29, 0.717) is 6.10 Å². The molecular weight excluding hydrogens is 136 g/mol. The maximum atomic E-state index is 5.17. The molecule has 1 fully saturated rings. The number of benzene rings is 1. The van der Waals surface area contributed by atoms with Crippen molar-refractivity contribution in [1.29, 1.82) is 0 Å². The Morgan fingerprint density at radius 2 is 2.18 bits per heavy atom. The van der Waals surface area contributed by atoms with Crippen LogP contribution in [0.15, 0.2) is 24.3 Å². The zero-order valence-corrected chi connectivity index (χ0v) is 6.71. The van der Waals surface area contributed by atoms with Gasteiger partial charge in [0.1, 0.15) is 0 Å². The molecule has 1 aromatic carbocycles. The lowest BCUT2D eigenvalue weighted by Crippen LogP contribution is -1.94. The van der Waals surface area contributed by atoms with Gasteiger partial charge < -0.3 is 4.74 Å². The van der Waals surface area contributed by atoms with Crippen LogP contribution in [0.5, 0.6) is 0 Å². The maximum Gasteiger partial charge on any atom is 0.0850 e. The van der Waals surface area contributed by atoms with Crippen molar-refractivity contribution in [3.8, 4) is 0 Å². The molecule has 1 heteroatoms. The summed E-state index contributed by atoms with van der Waals surface area (Å²) in [4.78, 5) is 0. The normalized spacial score (nSPS) is 21.7. The van der Waals surface area contributed by atoms with E-state index in [9.17, 15) is 0 Å². The van der Waals surface area contributed by atoms with Crippen LogP contribution in [0.4, 0.5) is 0 Å². The lowest BCUT2D eigenvalue weighted by molar-refractivity contribution is 0.407. The summed E-state index contributed by atoms with van der Waals surface area (Å²) in [6.45, 7) is 3.10. The highest BCUT2D eigenvalue weighted by atomic mass is 16.6. The third-order valence-corrected chi connectivity index (χ3v) is 2.11. The van der Waals surface area contributed by atoms with E-state index in [1.54, 1.807) is 0 Å². The number of hydrogen-bond donors (Lipinski definition) is 0. The van der Waals surface area contributed by atoms with Crippen LogP contribution in [-0.2, 0) is 11.2 Å². The lowest BCUT2D eigenvalue weighted by Gasteiger charge is -2.01. The molecule has 1 aliphatic heterocycles. The fraction of sp³-hybridized carbons (Fsp3) is 0.400. The van der Waals surface area contributed by atoms with Crippen molar-refractivity contribution in [2.45, 2.75) is 19.4 Å². The topological polar surface area (TPSA) is 12.5 Å². The summed E-state index contributed by atoms with van der Waals surface area (Å²) < 4.78 is 5.17. The molecule has 1 heterocycles. The zero-order chi connectivity index (χ0) is 7.68. The molecule has 0 spiro atoms. The predicted octanol–water partition coefficient (Wildman–Crippen LogP) is 1.94. The molecule has 0 N–H and O–H groups in total. The summed E-state index contributed by atoms with van der Waals surface area (Å²) in [6, 6.07) is 8.49. The predicted molar refractivity (Wildman–Crippen MR) is 44.6 cm³/mol. The molecule has 1 atom stereocenters. The second-order valence-corrected chi connectivity index (χ2v) is 3.09. The third kappa shape index (κ3) is 1.60. The highest BCUT2D eigenvalue weighted by molar-refractivity contribution is 5.26. The van der Waals surface area contributed by atoms with Crippen LogP contribution in [0.25, 0.3) is 0 Å². The summed E-state index contributed by atoms with van der Waals surface area (Å²) in [6.07, 6.45) is 1.60. The minimum atomic E-state index is 0.510. The second-order valence-electron chi connectivity index (χ2n) is 3.09. The third-order valence-electron chi connectivity index (χ3n) is 2.11. The van der Waals surface area contributed by atoms with Gasteiger partial charge in [0.25, 0.3) is 0 Å². The van der Waals surface area contributed by atoms with Crippen LogP contribution in [0.1, 0.15) is 11.1 Å². The summed E-state index contributed by atoms with van der Waals surface area (Å²) >= 11 is 0. The van der Waals surface area contributed by atoms with Crippen LogP contribution in [-0.4, -0.2) is 12.7 Å². The Morgan fingerprint density at radius 1 is 1.45 bits per heavy atom.